The molecule has 0 amide bonds. The molecular formula is C12H19BrO4. The van der Waals surface area contributed by atoms with Gasteiger partial charge >= 0.3 is 6.16 Å². The summed E-state index contributed by atoms with van der Waals surface area (Å²) in [6.07, 6.45) is 2.99. The lowest BCUT2D eigenvalue weighted by atomic mass is 9.97. The van der Waals surface area contributed by atoms with Gasteiger partial charge in [0.1, 0.15) is 12.2 Å². The van der Waals surface area contributed by atoms with Crippen LogP contribution in [0, 0.1) is 0 Å². The fraction of sp³-hybridized carbons (Fsp3) is 0.917. The van der Waals surface area contributed by atoms with E-state index in [0.29, 0.717) is 4.83 Å². The third kappa shape index (κ3) is 3.13. The van der Waals surface area contributed by atoms with Gasteiger partial charge in [0.2, 0.25) is 0 Å². The van der Waals surface area contributed by atoms with Crippen molar-refractivity contribution in [1.29, 1.82) is 0 Å². The maximum Gasteiger partial charge on any atom is 0.509 e. The van der Waals surface area contributed by atoms with Crippen LogP contribution in [-0.2, 0) is 14.2 Å². The fourth-order valence-electron chi connectivity index (χ4n) is 2.48. The highest BCUT2D eigenvalue weighted by atomic mass is 79.9. The van der Waals surface area contributed by atoms with Crippen molar-refractivity contribution in [3.05, 3.63) is 0 Å². The van der Waals surface area contributed by atoms with E-state index in [-0.39, 0.29) is 24.4 Å². The molecule has 98 valence electrons. The van der Waals surface area contributed by atoms with Crippen LogP contribution in [0.15, 0.2) is 0 Å². The summed E-state index contributed by atoms with van der Waals surface area (Å²) >= 11 is 3.65. The van der Waals surface area contributed by atoms with Gasteiger partial charge in [-0.2, -0.15) is 0 Å². The first-order valence-corrected chi connectivity index (χ1v) is 7.18. The average Bonchev–Trinajstić information content (AvgIpc) is 2.60. The number of hydrogen-bond donors (Lipinski definition) is 0. The van der Waals surface area contributed by atoms with Crippen molar-refractivity contribution in [3.63, 3.8) is 0 Å². The molecule has 2 saturated heterocycles. The van der Waals surface area contributed by atoms with E-state index in [1.807, 2.05) is 6.92 Å². The second kappa shape index (κ2) is 5.57. The number of fused-ring (bicyclic) bond motifs is 1. The van der Waals surface area contributed by atoms with Gasteiger partial charge in [-0.3, -0.25) is 0 Å². The molecule has 2 fully saturated rings. The Labute approximate surface area is 110 Å². The van der Waals surface area contributed by atoms with Crippen molar-refractivity contribution in [2.45, 2.75) is 68.8 Å². The van der Waals surface area contributed by atoms with E-state index in [9.17, 15) is 4.79 Å². The van der Waals surface area contributed by atoms with E-state index in [0.717, 1.165) is 25.7 Å². The predicted octanol–water partition coefficient (Wildman–Crippen LogP) is 3.02. The molecule has 0 bridgehead atoms. The van der Waals surface area contributed by atoms with E-state index < -0.39 is 6.16 Å². The van der Waals surface area contributed by atoms with Crippen LogP contribution in [0.25, 0.3) is 0 Å². The molecule has 5 atom stereocenters. The molecule has 0 radical (unpaired) electrons. The fourth-order valence-corrected chi connectivity index (χ4v) is 2.87. The number of hydrogen-bond acceptors (Lipinski definition) is 4. The lowest BCUT2D eigenvalue weighted by Gasteiger charge is -2.31. The van der Waals surface area contributed by atoms with Gasteiger partial charge in [-0.05, 0) is 26.2 Å². The maximum atomic E-state index is 11.1. The molecule has 0 aliphatic carbocycles. The van der Waals surface area contributed by atoms with Gasteiger partial charge in [0.15, 0.2) is 0 Å². The van der Waals surface area contributed by atoms with Crippen LogP contribution in [0.3, 0.4) is 0 Å². The minimum absolute atomic E-state index is 0.0899. The van der Waals surface area contributed by atoms with Crippen LogP contribution in [0.1, 0.15) is 39.5 Å². The van der Waals surface area contributed by atoms with Gasteiger partial charge < -0.3 is 14.2 Å². The minimum atomic E-state index is -0.531. The minimum Gasteiger partial charge on any atom is -0.427 e. The van der Waals surface area contributed by atoms with Crippen molar-refractivity contribution >= 4 is 22.1 Å². The molecule has 0 aromatic carbocycles. The van der Waals surface area contributed by atoms with Crippen molar-refractivity contribution in [2.24, 2.45) is 0 Å². The Morgan fingerprint density at radius 1 is 1.35 bits per heavy atom. The molecule has 3 unspecified atom stereocenters. The summed E-state index contributed by atoms with van der Waals surface area (Å²) in [6.45, 7) is 4.16. The Bertz CT molecular complexity index is 284. The third-order valence-electron chi connectivity index (χ3n) is 3.41. The van der Waals surface area contributed by atoms with Gasteiger partial charge in [-0.25, -0.2) is 4.79 Å². The summed E-state index contributed by atoms with van der Waals surface area (Å²) in [4.78, 5) is 11.5. The standard InChI is InChI=1S/C12H19BrO4/c1-3-8(13)9-4-5-10-11(6-7(2)15-9)17-12(14)16-10/h7-11H,3-6H2,1-2H3/t7-,8-,9?,10?,11?/m0/s1. The first kappa shape index (κ1) is 13.1. The zero-order valence-electron chi connectivity index (χ0n) is 10.2. The summed E-state index contributed by atoms with van der Waals surface area (Å²) in [5.41, 5.74) is 0. The molecule has 5 heteroatoms. The Morgan fingerprint density at radius 2 is 2.06 bits per heavy atom. The van der Waals surface area contributed by atoms with Gasteiger partial charge in [-0.15, -0.1) is 0 Å². The molecule has 2 aliphatic rings. The highest BCUT2D eigenvalue weighted by Crippen LogP contribution is 2.30. The SMILES string of the molecule is CC[C@H](Br)C1CCC2OC(=O)OC2C[C@H](C)O1. The smallest absolute Gasteiger partial charge is 0.427 e. The van der Waals surface area contributed by atoms with E-state index in [4.69, 9.17) is 14.2 Å². The Hall–Kier alpha value is -0.290. The second-order valence-electron chi connectivity index (χ2n) is 4.79. The molecule has 0 spiro atoms. The molecule has 2 rings (SSSR count). The molecule has 0 saturated carbocycles. The summed E-state index contributed by atoms with van der Waals surface area (Å²) in [6, 6.07) is 0. The summed E-state index contributed by atoms with van der Waals surface area (Å²) in [7, 11) is 0. The van der Waals surface area contributed by atoms with Crippen LogP contribution >= 0.6 is 15.9 Å². The number of alkyl halides is 1. The molecule has 0 aromatic heterocycles. The first-order valence-electron chi connectivity index (χ1n) is 6.27. The lowest BCUT2D eigenvalue weighted by Crippen LogP contribution is -2.37. The number of halogens is 1. The number of rotatable bonds is 2. The van der Waals surface area contributed by atoms with E-state index >= 15 is 0 Å². The molecule has 2 heterocycles. The Morgan fingerprint density at radius 3 is 2.76 bits per heavy atom. The summed E-state index contributed by atoms with van der Waals surface area (Å²) in [5, 5.41) is 0. The zero-order chi connectivity index (χ0) is 12.4. The predicted molar refractivity (Wildman–Crippen MR) is 66.3 cm³/mol. The van der Waals surface area contributed by atoms with Crippen LogP contribution in [0.4, 0.5) is 4.79 Å². The normalized spacial score (nSPS) is 39.6. The van der Waals surface area contributed by atoms with E-state index in [2.05, 4.69) is 22.9 Å². The topological polar surface area (TPSA) is 44.8 Å². The van der Waals surface area contributed by atoms with E-state index in [1.54, 1.807) is 0 Å². The quantitative estimate of drug-likeness (QED) is 0.581. The van der Waals surface area contributed by atoms with Gasteiger partial charge in [0, 0.05) is 11.2 Å². The largest absolute Gasteiger partial charge is 0.509 e. The average molecular weight is 307 g/mol. The van der Waals surface area contributed by atoms with Gasteiger partial charge in [0.05, 0.1) is 12.2 Å². The number of ether oxygens (including phenoxy) is 3. The Kier molecular flexibility index (Phi) is 4.31. The van der Waals surface area contributed by atoms with E-state index in [1.165, 1.54) is 0 Å². The van der Waals surface area contributed by atoms with Gasteiger partial charge in [0.25, 0.3) is 0 Å². The van der Waals surface area contributed by atoms with Crippen molar-refractivity contribution in [1.82, 2.24) is 0 Å². The summed E-state index contributed by atoms with van der Waals surface area (Å²) in [5.74, 6) is 0. The third-order valence-corrected chi connectivity index (χ3v) is 4.65. The second-order valence-corrected chi connectivity index (χ2v) is 5.96. The molecule has 0 aromatic rings. The Balaban J connectivity index is 2.00. The van der Waals surface area contributed by atoms with Crippen LogP contribution in [0.2, 0.25) is 0 Å². The van der Waals surface area contributed by atoms with Crippen molar-refractivity contribution in [2.75, 3.05) is 0 Å². The molecule has 4 nitrogen and oxygen atoms in total. The van der Waals surface area contributed by atoms with Gasteiger partial charge in [-0.1, -0.05) is 22.9 Å². The highest BCUT2D eigenvalue weighted by molar-refractivity contribution is 9.09. The first-order chi connectivity index (χ1) is 8.10. The van der Waals surface area contributed by atoms with Crippen LogP contribution in [-0.4, -0.2) is 35.4 Å². The zero-order valence-corrected chi connectivity index (χ0v) is 11.8. The van der Waals surface area contributed by atoms with Crippen LogP contribution < -0.4 is 0 Å². The monoisotopic (exact) mass is 306 g/mol. The number of carbonyl (C=O) groups excluding carboxylic acids is 1. The number of carbonyl (C=O) groups is 1. The lowest BCUT2D eigenvalue weighted by molar-refractivity contribution is -0.0510. The molecule has 2 aliphatic heterocycles. The molecular weight excluding hydrogens is 288 g/mol. The highest BCUT2D eigenvalue weighted by Gasteiger charge is 2.40. The molecule has 17 heavy (non-hydrogen) atoms. The van der Waals surface area contributed by atoms with Crippen LogP contribution in [0.5, 0.6) is 0 Å². The maximum absolute atomic E-state index is 11.1. The van der Waals surface area contributed by atoms with Crippen molar-refractivity contribution < 1.29 is 19.0 Å². The van der Waals surface area contributed by atoms with Crippen molar-refractivity contribution in [3.8, 4) is 0 Å². The summed E-state index contributed by atoms with van der Waals surface area (Å²) < 4.78 is 16.3. The molecule has 0 N–H and O–H groups in total.